The average molecular weight is 365 g/mol. The zero-order valence-electron chi connectivity index (χ0n) is 10.6. The van der Waals surface area contributed by atoms with Crippen LogP contribution in [0.25, 0.3) is 11.0 Å². The average Bonchev–Trinajstić information content (AvgIpc) is 2.97. The van der Waals surface area contributed by atoms with E-state index in [1.807, 2.05) is 35.8 Å². The minimum atomic E-state index is -1.02. The molecule has 0 amide bonds. The van der Waals surface area contributed by atoms with Gasteiger partial charge < -0.3 is 9.84 Å². The van der Waals surface area contributed by atoms with Gasteiger partial charge in [0.05, 0.1) is 0 Å². The molecule has 1 aromatic carbocycles. The number of rotatable bonds is 4. The van der Waals surface area contributed by atoms with Gasteiger partial charge >= 0.3 is 5.97 Å². The monoisotopic (exact) mass is 364 g/mol. The normalized spacial score (nSPS) is 11.3. The zero-order valence-corrected chi connectivity index (χ0v) is 13.0. The molecule has 0 saturated carbocycles. The van der Waals surface area contributed by atoms with Gasteiger partial charge in [0.2, 0.25) is 5.88 Å². The number of fused-ring (bicyclic) bond motifs is 1. The third kappa shape index (κ3) is 2.98. The molecule has 106 valence electrons. The topological polar surface area (TPSA) is 63.8 Å². The number of hydrogen-bond donors (Lipinski definition) is 1. The quantitative estimate of drug-likeness (QED) is 0.709. The van der Waals surface area contributed by atoms with Gasteiger partial charge in [-0.3, -0.25) is 4.40 Å². The molecule has 21 heavy (non-hydrogen) atoms. The molecular weight excluding hydrogens is 356 g/mol. The van der Waals surface area contributed by atoms with Crippen molar-refractivity contribution in [2.45, 2.75) is 0 Å². The molecular formula is C14H9BrN2O3S. The maximum Gasteiger partial charge on any atom is 0.328 e. The molecule has 0 saturated heterocycles. The molecule has 2 heterocycles. The first-order valence-electron chi connectivity index (χ1n) is 5.93. The highest BCUT2D eigenvalue weighted by atomic mass is 79.9. The van der Waals surface area contributed by atoms with Gasteiger partial charge in [0.15, 0.2) is 4.96 Å². The van der Waals surface area contributed by atoms with Crippen LogP contribution >= 0.6 is 27.3 Å². The molecule has 0 bridgehead atoms. The van der Waals surface area contributed by atoms with Gasteiger partial charge in [-0.2, -0.15) is 4.98 Å². The lowest BCUT2D eigenvalue weighted by Crippen LogP contribution is -1.91. The van der Waals surface area contributed by atoms with Crippen LogP contribution in [0.4, 0.5) is 0 Å². The summed E-state index contributed by atoms with van der Waals surface area (Å²) in [5.74, 6) is -0.0221. The molecule has 0 aliphatic heterocycles. The van der Waals surface area contributed by atoms with E-state index in [0.29, 0.717) is 17.3 Å². The molecule has 5 nitrogen and oxygen atoms in total. The third-order valence-corrected chi connectivity index (χ3v) is 3.91. The number of aliphatic carboxylic acids is 1. The van der Waals surface area contributed by atoms with E-state index in [4.69, 9.17) is 9.84 Å². The van der Waals surface area contributed by atoms with Gasteiger partial charge in [-0.1, -0.05) is 22.0 Å². The molecule has 0 aliphatic rings. The molecule has 0 fully saturated rings. The van der Waals surface area contributed by atoms with Crippen molar-refractivity contribution in [3.8, 4) is 11.6 Å². The van der Waals surface area contributed by atoms with Crippen LogP contribution in [0, 0.1) is 0 Å². The highest BCUT2D eigenvalue weighted by Gasteiger charge is 2.13. The third-order valence-electron chi connectivity index (χ3n) is 2.66. The Balaban J connectivity index is 2.03. The second-order valence-electron chi connectivity index (χ2n) is 4.09. The fourth-order valence-electron chi connectivity index (χ4n) is 1.80. The van der Waals surface area contributed by atoms with Crippen molar-refractivity contribution in [2.24, 2.45) is 0 Å². The van der Waals surface area contributed by atoms with E-state index in [1.165, 1.54) is 17.4 Å². The predicted molar refractivity (Wildman–Crippen MR) is 84.0 cm³/mol. The second-order valence-corrected chi connectivity index (χ2v) is 5.88. The molecule has 0 unspecified atom stereocenters. The van der Waals surface area contributed by atoms with Crippen molar-refractivity contribution in [3.05, 3.63) is 52.1 Å². The second kappa shape index (κ2) is 5.71. The Labute approximate surface area is 132 Å². The molecule has 1 N–H and O–H groups in total. The lowest BCUT2D eigenvalue weighted by molar-refractivity contribution is -0.131. The first-order chi connectivity index (χ1) is 10.1. The molecule has 3 aromatic rings. The maximum atomic E-state index is 10.7. The van der Waals surface area contributed by atoms with Crippen molar-refractivity contribution < 1.29 is 14.6 Å². The van der Waals surface area contributed by atoms with Crippen molar-refractivity contribution in [1.82, 2.24) is 9.38 Å². The van der Waals surface area contributed by atoms with E-state index in [1.54, 1.807) is 4.40 Å². The molecule has 0 spiro atoms. The molecule has 0 radical (unpaired) electrons. The van der Waals surface area contributed by atoms with Crippen LogP contribution in [-0.4, -0.2) is 20.5 Å². The van der Waals surface area contributed by atoms with Crippen LogP contribution in [0.2, 0.25) is 0 Å². The van der Waals surface area contributed by atoms with E-state index in [2.05, 4.69) is 20.9 Å². The summed E-state index contributed by atoms with van der Waals surface area (Å²) < 4.78 is 8.45. The Kier molecular flexibility index (Phi) is 3.76. The number of hydrogen-bond acceptors (Lipinski definition) is 4. The Hall–Kier alpha value is -2.12. The molecule has 7 heteroatoms. The van der Waals surface area contributed by atoms with Crippen LogP contribution in [0.15, 0.2) is 46.4 Å². The maximum absolute atomic E-state index is 10.7. The van der Waals surface area contributed by atoms with E-state index in [9.17, 15) is 4.79 Å². The van der Waals surface area contributed by atoms with Crippen LogP contribution in [-0.2, 0) is 4.79 Å². The Morgan fingerprint density at radius 1 is 1.48 bits per heavy atom. The summed E-state index contributed by atoms with van der Waals surface area (Å²) in [6, 6.07) is 7.37. The summed E-state index contributed by atoms with van der Waals surface area (Å²) in [6.07, 6.45) is 4.36. The summed E-state index contributed by atoms with van der Waals surface area (Å²) in [5, 5.41) is 10.7. The minimum absolute atomic E-state index is 0.373. The summed E-state index contributed by atoms with van der Waals surface area (Å²) >= 11 is 4.83. The fraction of sp³-hybridized carbons (Fsp3) is 0. The number of halogens is 1. The number of carbonyl (C=O) groups is 1. The van der Waals surface area contributed by atoms with Crippen molar-refractivity contribution in [1.29, 1.82) is 0 Å². The largest absolute Gasteiger partial charge is 0.478 e. The minimum Gasteiger partial charge on any atom is -0.478 e. The number of benzene rings is 1. The fourth-order valence-corrected chi connectivity index (χ4v) is 2.89. The van der Waals surface area contributed by atoms with Crippen LogP contribution in [0.1, 0.15) is 5.69 Å². The van der Waals surface area contributed by atoms with E-state index >= 15 is 0 Å². The number of ether oxygens (including phenoxy) is 1. The number of thiazole rings is 1. The van der Waals surface area contributed by atoms with Crippen LogP contribution in [0.5, 0.6) is 11.6 Å². The summed E-state index contributed by atoms with van der Waals surface area (Å²) in [7, 11) is 0. The highest BCUT2D eigenvalue weighted by Crippen LogP contribution is 2.30. The first kappa shape index (κ1) is 13.8. The number of carboxylic acid groups (broad SMARTS) is 1. The zero-order chi connectivity index (χ0) is 14.8. The Morgan fingerprint density at radius 2 is 2.33 bits per heavy atom. The molecule has 3 rings (SSSR count). The van der Waals surface area contributed by atoms with Gasteiger partial charge in [0.25, 0.3) is 0 Å². The van der Waals surface area contributed by atoms with E-state index < -0.39 is 5.97 Å². The predicted octanol–water partition coefficient (Wildman–Crippen LogP) is 4.05. The first-order valence-corrected chi connectivity index (χ1v) is 7.61. The van der Waals surface area contributed by atoms with Gasteiger partial charge in [-0.15, -0.1) is 11.3 Å². The smallest absolute Gasteiger partial charge is 0.328 e. The van der Waals surface area contributed by atoms with E-state index in [-0.39, 0.29) is 0 Å². The molecule has 0 atom stereocenters. The lowest BCUT2D eigenvalue weighted by Gasteiger charge is -2.04. The molecule has 0 aliphatic carbocycles. The number of imidazole rings is 1. The summed E-state index contributed by atoms with van der Waals surface area (Å²) in [5.41, 5.74) is 0.591. The highest BCUT2D eigenvalue weighted by molar-refractivity contribution is 9.10. The van der Waals surface area contributed by atoms with Gasteiger partial charge in [-0.05, 0) is 24.3 Å². The van der Waals surface area contributed by atoms with Crippen molar-refractivity contribution in [3.63, 3.8) is 0 Å². The standard InChI is InChI=1S/C14H9BrN2O3S/c15-9-2-1-3-10(8-9)20-13-11(4-5-12(18)19)17-6-7-21-14(17)16-13/h1-8H,(H,18,19)/b5-4+. The Morgan fingerprint density at radius 3 is 3.10 bits per heavy atom. The van der Waals surface area contributed by atoms with Crippen molar-refractivity contribution in [2.75, 3.05) is 0 Å². The van der Waals surface area contributed by atoms with Gasteiger partial charge in [0, 0.05) is 22.1 Å². The molecule has 2 aromatic heterocycles. The van der Waals surface area contributed by atoms with Gasteiger partial charge in [-0.25, -0.2) is 4.79 Å². The van der Waals surface area contributed by atoms with Crippen LogP contribution < -0.4 is 4.74 Å². The number of carboxylic acids is 1. The Bertz CT molecular complexity index is 838. The van der Waals surface area contributed by atoms with E-state index in [0.717, 1.165) is 15.5 Å². The number of nitrogens with zero attached hydrogens (tertiary/aromatic N) is 2. The van der Waals surface area contributed by atoms with Crippen LogP contribution in [0.3, 0.4) is 0 Å². The van der Waals surface area contributed by atoms with Gasteiger partial charge in [0.1, 0.15) is 11.4 Å². The lowest BCUT2D eigenvalue weighted by atomic mass is 10.3. The number of aromatic nitrogens is 2. The van der Waals surface area contributed by atoms with Crippen molar-refractivity contribution >= 4 is 44.3 Å². The summed E-state index contributed by atoms with van der Waals surface area (Å²) in [4.78, 5) is 15.8. The SMILES string of the molecule is O=C(O)/C=C/c1c(Oc2cccc(Br)c2)nc2sccn12. The summed E-state index contributed by atoms with van der Waals surface area (Å²) in [6.45, 7) is 0.